The number of hydrogen-bond donors (Lipinski definition) is 0. The summed E-state index contributed by atoms with van der Waals surface area (Å²) in [7, 11) is 0. The fourth-order valence-electron chi connectivity index (χ4n) is 2.77. The molecule has 0 bridgehead atoms. The molecule has 0 saturated heterocycles. The smallest absolute Gasteiger partial charge is 0.335 e. The van der Waals surface area contributed by atoms with Crippen molar-refractivity contribution < 1.29 is 23.8 Å². The molecule has 0 saturated carbocycles. The van der Waals surface area contributed by atoms with Crippen LogP contribution in [0.2, 0.25) is 0 Å². The summed E-state index contributed by atoms with van der Waals surface area (Å²) in [6.45, 7) is 7.02. The van der Waals surface area contributed by atoms with E-state index in [9.17, 15) is 9.59 Å². The Balaban J connectivity index is 1.87. The first-order valence-corrected chi connectivity index (χ1v) is 9.21. The highest BCUT2D eigenvalue weighted by Gasteiger charge is 2.20. The standard InChI is InChI=1S/C21H27NO5/c1-4-25-20(21(24)26-5-2)15-17-8-10-18(11-9-17)27-14-13-22-12-6-7-19(22)16(3)23/h6-12,20H,4-5,13-15H2,1-3H3. The van der Waals surface area contributed by atoms with Crippen LogP contribution in [-0.2, 0) is 27.2 Å². The minimum absolute atomic E-state index is 0.0369. The highest BCUT2D eigenvalue weighted by Crippen LogP contribution is 2.15. The van der Waals surface area contributed by atoms with Crippen LogP contribution in [0.5, 0.6) is 5.75 Å². The van der Waals surface area contributed by atoms with Crippen LogP contribution in [0.4, 0.5) is 0 Å². The first-order chi connectivity index (χ1) is 13.0. The van der Waals surface area contributed by atoms with E-state index in [-0.39, 0.29) is 11.8 Å². The summed E-state index contributed by atoms with van der Waals surface area (Å²) in [5.41, 5.74) is 1.65. The Morgan fingerprint density at radius 1 is 1.07 bits per heavy atom. The molecule has 6 nitrogen and oxygen atoms in total. The van der Waals surface area contributed by atoms with E-state index in [1.807, 2.05) is 48.0 Å². The van der Waals surface area contributed by atoms with Crippen LogP contribution in [-0.4, -0.2) is 42.2 Å². The molecule has 6 heteroatoms. The third kappa shape index (κ3) is 6.25. The third-order valence-corrected chi connectivity index (χ3v) is 4.05. The molecule has 1 unspecified atom stereocenters. The minimum atomic E-state index is -0.597. The van der Waals surface area contributed by atoms with E-state index in [1.54, 1.807) is 19.9 Å². The van der Waals surface area contributed by atoms with E-state index in [0.29, 0.717) is 38.5 Å². The number of aromatic nitrogens is 1. The summed E-state index contributed by atoms with van der Waals surface area (Å²) in [6, 6.07) is 11.2. The molecule has 27 heavy (non-hydrogen) atoms. The highest BCUT2D eigenvalue weighted by atomic mass is 16.6. The maximum absolute atomic E-state index is 11.9. The van der Waals surface area contributed by atoms with Gasteiger partial charge in [0.2, 0.25) is 0 Å². The van der Waals surface area contributed by atoms with E-state index in [1.165, 1.54) is 0 Å². The molecule has 1 aromatic carbocycles. The van der Waals surface area contributed by atoms with E-state index >= 15 is 0 Å². The van der Waals surface area contributed by atoms with Gasteiger partial charge in [0.15, 0.2) is 11.9 Å². The van der Waals surface area contributed by atoms with Gasteiger partial charge in [0.1, 0.15) is 12.4 Å². The predicted molar refractivity (Wildman–Crippen MR) is 102 cm³/mol. The predicted octanol–water partition coefficient (Wildman–Crippen LogP) is 3.28. The van der Waals surface area contributed by atoms with Crippen molar-refractivity contribution in [1.29, 1.82) is 0 Å². The Morgan fingerprint density at radius 3 is 2.44 bits per heavy atom. The van der Waals surface area contributed by atoms with Gasteiger partial charge in [0.05, 0.1) is 18.8 Å². The second kappa shape index (κ2) is 10.5. The molecular weight excluding hydrogens is 346 g/mol. The van der Waals surface area contributed by atoms with Gasteiger partial charge in [-0.15, -0.1) is 0 Å². The van der Waals surface area contributed by atoms with Crippen LogP contribution in [0.25, 0.3) is 0 Å². The zero-order chi connectivity index (χ0) is 19.6. The molecule has 0 aliphatic heterocycles. The molecule has 146 valence electrons. The van der Waals surface area contributed by atoms with Crippen molar-refractivity contribution in [2.45, 2.75) is 39.8 Å². The van der Waals surface area contributed by atoms with E-state index in [2.05, 4.69) is 0 Å². The maximum Gasteiger partial charge on any atom is 0.335 e. The summed E-state index contributed by atoms with van der Waals surface area (Å²) < 4.78 is 18.2. The zero-order valence-electron chi connectivity index (χ0n) is 16.1. The van der Waals surface area contributed by atoms with Crippen LogP contribution < -0.4 is 4.74 Å². The monoisotopic (exact) mass is 373 g/mol. The number of nitrogens with zero attached hydrogens (tertiary/aromatic N) is 1. The first-order valence-electron chi connectivity index (χ1n) is 9.21. The van der Waals surface area contributed by atoms with Gasteiger partial charge in [-0.1, -0.05) is 12.1 Å². The molecule has 0 radical (unpaired) electrons. The summed E-state index contributed by atoms with van der Waals surface area (Å²) in [6.07, 6.45) is 1.73. The topological polar surface area (TPSA) is 66.8 Å². The number of carbonyl (C=O) groups excluding carboxylic acids is 2. The zero-order valence-corrected chi connectivity index (χ0v) is 16.1. The quantitative estimate of drug-likeness (QED) is 0.447. The molecule has 1 atom stereocenters. The SMILES string of the molecule is CCOC(=O)C(Cc1ccc(OCCn2cccc2C(C)=O)cc1)OCC. The Kier molecular flexibility index (Phi) is 8.07. The Labute approximate surface area is 160 Å². The summed E-state index contributed by atoms with van der Waals surface area (Å²) in [4.78, 5) is 23.5. The molecular formula is C21H27NO5. The number of carbonyl (C=O) groups is 2. The van der Waals surface area contributed by atoms with Crippen LogP contribution >= 0.6 is 0 Å². The van der Waals surface area contributed by atoms with Crippen molar-refractivity contribution in [2.24, 2.45) is 0 Å². The third-order valence-electron chi connectivity index (χ3n) is 4.05. The van der Waals surface area contributed by atoms with Gasteiger partial charge in [-0.3, -0.25) is 4.79 Å². The first kappa shape index (κ1) is 20.7. The lowest BCUT2D eigenvalue weighted by atomic mass is 10.1. The van der Waals surface area contributed by atoms with Crippen LogP contribution in [0, 0.1) is 0 Å². The van der Waals surface area contributed by atoms with E-state index in [0.717, 1.165) is 11.3 Å². The molecule has 1 heterocycles. The molecule has 0 N–H and O–H groups in total. The van der Waals surface area contributed by atoms with E-state index in [4.69, 9.17) is 14.2 Å². The number of benzene rings is 1. The molecule has 2 rings (SSSR count). The van der Waals surface area contributed by atoms with Crippen LogP contribution in [0.15, 0.2) is 42.6 Å². The molecule has 0 aliphatic rings. The Hall–Kier alpha value is -2.60. The molecule has 1 aromatic heterocycles. The largest absolute Gasteiger partial charge is 0.492 e. The summed E-state index contributed by atoms with van der Waals surface area (Å²) in [5, 5.41) is 0. The summed E-state index contributed by atoms with van der Waals surface area (Å²) >= 11 is 0. The van der Waals surface area contributed by atoms with Crippen LogP contribution in [0.3, 0.4) is 0 Å². The van der Waals surface area contributed by atoms with Gasteiger partial charge >= 0.3 is 5.97 Å². The van der Waals surface area contributed by atoms with Crippen molar-refractivity contribution in [1.82, 2.24) is 4.57 Å². The fourth-order valence-corrected chi connectivity index (χ4v) is 2.77. The Morgan fingerprint density at radius 2 is 1.81 bits per heavy atom. The molecule has 0 aliphatic carbocycles. The average molecular weight is 373 g/mol. The van der Waals surface area contributed by atoms with Crippen molar-refractivity contribution in [3.63, 3.8) is 0 Å². The van der Waals surface area contributed by atoms with Gasteiger partial charge in [-0.05, 0) is 43.7 Å². The van der Waals surface area contributed by atoms with Crippen molar-refractivity contribution in [2.75, 3.05) is 19.8 Å². The van der Waals surface area contributed by atoms with Crippen LogP contribution in [0.1, 0.15) is 36.8 Å². The minimum Gasteiger partial charge on any atom is -0.492 e. The highest BCUT2D eigenvalue weighted by molar-refractivity contribution is 5.92. The second-order valence-electron chi connectivity index (χ2n) is 6.04. The van der Waals surface area contributed by atoms with Gasteiger partial charge in [0, 0.05) is 26.1 Å². The van der Waals surface area contributed by atoms with Gasteiger partial charge < -0.3 is 18.8 Å². The van der Waals surface area contributed by atoms with Crippen molar-refractivity contribution in [3.05, 3.63) is 53.9 Å². The van der Waals surface area contributed by atoms with Crippen molar-refractivity contribution >= 4 is 11.8 Å². The van der Waals surface area contributed by atoms with Crippen molar-refractivity contribution in [3.8, 4) is 5.75 Å². The maximum atomic E-state index is 11.9. The molecule has 2 aromatic rings. The second-order valence-corrected chi connectivity index (χ2v) is 6.04. The lowest BCUT2D eigenvalue weighted by Crippen LogP contribution is -2.28. The Bertz CT molecular complexity index is 735. The molecule has 0 fully saturated rings. The number of Topliss-reactive ketones (excluding diaryl/α,β-unsaturated/α-hetero) is 1. The van der Waals surface area contributed by atoms with Gasteiger partial charge in [0.25, 0.3) is 0 Å². The molecule has 0 spiro atoms. The normalized spacial score (nSPS) is 11.8. The molecule has 0 amide bonds. The lowest BCUT2D eigenvalue weighted by molar-refractivity contribution is -0.156. The summed E-state index contributed by atoms with van der Waals surface area (Å²) in [5.74, 6) is 0.432. The number of ketones is 1. The number of rotatable bonds is 11. The van der Waals surface area contributed by atoms with E-state index < -0.39 is 6.10 Å². The lowest BCUT2D eigenvalue weighted by Gasteiger charge is -2.16. The number of ether oxygens (including phenoxy) is 3. The number of esters is 1. The number of hydrogen-bond acceptors (Lipinski definition) is 5. The fraction of sp³-hybridized carbons (Fsp3) is 0.429. The van der Waals surface area contributed by atoms with Gasteiger partial charge in [-0.25, -0.2) is 4.79 Å². The average Bonchev–Trinajstić information content (AvgIpc) is 3.12. The van der Waals surface area contributed by atoms with Gasteiger partial charge in [-0.2, -0.15) is 0 Å².